The van der Waals surface area contributed by atoms with Gasteiger partial charge in [-0.25, -0.2) is 9.37 Å². The number of ether oxygens (including phenoxy) is 2. The van der Waals surface area contributed by atoms with E-state index < -0.39 is 0 Å². The second-order valence-electron chi connectivity index (χ2n) is 5.66. The van der Waals surface area contributed by atoms with Crippen LogP contribution in [0.3, 0.4) is 0 Å². The van der Waals surface area contributed by atoms with Gasteiger partial charge in [0.15, 0.2) is 5.58 Å². The minimum Gasteiger partial charge on any atom is -0.439 e. The normalized spacial score (nSPS) is 23.8. The summed E-state index contributed by atoms with van der Waals surface area (Å²) in [7, 11) is 1.67. The number of halogens is 1. The maximum Gasteiger partial charge on any atom is 0.209 e. The zero-order chi connectivity index (χ0) is 14.9. The van der Waals surface area contributed by atoms with Crippen molar-refractivity contribution in [1.82, 2.24) is 9.88 Å². The SMILES string of the molecule is COCC1(C)CN(Cc2nc3cc(F)ccc3o2)CCO1. The highest BCUT2D eigenvalue weighted by molar-refractivity contribution is 5.72. The third kappa shape index (κ3) is 3.23. The first-order valence-electron chi connectivity index (χ1n) is 6.98. The van der Waals surface area contributed by atoms with Crippen molar-refractivity contribution in [1.29, 1.82) is 0 Å². The van der Waals surface area contributed by atoms with E-state index in [-0.39, 0.29) is 11.4 Å². The fourth-order valence-corrected chi connectivity index (χ4v) is 2.75. The van der Waals surface area contributed by atoms with E-state index >= 15 is 0 Å². The van der Waals surface area contributed by atoms with Crippen molar-refractivity contribution < 1.29 is 18.3 Å². The van der Waals surface area contributed by atoms with Crippen LogP contribution in [0.4, 0.5) is 4.39 Å². The van der Waals surface area contributed by atoms with Gasteiger partial charge in [-0.3, -0.25) is 4.90 Å². The lowest BCUT2D eigenvalue weighted by atomic mass is 10.1. The smallest absolute Gasteiger partial charge is 0.209 e. The molecule has 1 aliphatic heterocycles. The Bertz CT molecular complexity index is 626. The standard InChI is InChI=1S/C15H19FN2O3/c1-15(10-19-2)9-18(5-6-20-15)8-14-17-12-7-11(16)3-4-13(12)21-14/h3-4,7H,5-6,8-10H2,1-2H3. The van der Waals surface area contributed by atoms with Gasteiger partial charge in [0.2, 0.25) is 5.89 Å². The first kappa shape index (κ1) is 14.4. The van der Waals surface area contributed by atoms with E-state index in [1.54, 1.807) is 13.2 Å². The highest BCUT2D eigenvalue weighted by Crippen LogP contribution is 2.22. The molecule has 1 aliphatic rings. The Morgan fingerprint density at radius 2 is 2.33 bits per heavy atom. The Morgan fingerprint density at radius 3 is 3.14 bits per heavy atom. The number of hydrogen-bond acceptors (Lipinski definition) is 5. The maximum atomic E-state index is 13.2. The second kappa shape index (κ2) is 5.71. The van der Waals surface area contributed by atoms with Gasteiger partial charge in [0.25, 0.3) is 0 Å². The Kier molecular flexibility index (Phi) is 3.93. The van der Waals surface area contributed by atoms with Crippen molar-refractivity contribution in [3.8, 4) is 0 Å². The van der Waals surface area contributed by atoms with Gasteiger partial charge < -0.3 is 13.9 Å². The van der Waals surface area contributed by atoms with E-state index in [0.717, 1.165) is 13.1 Å². The molecule has 0 spiro atoms. The predicted molar refractivity (Wildman–Crippen MR) is 75.5 cm³/mol. The topological polar surface area (TPSA) is 47.7 Å². The first-order valence-corrected chi connectivity index (χ1v) is 6.98. The number of oxazole rings is 1. The molecule has 1 fully saturated rings. The molecular weight excluding hydrogens is 275 g/mol. The van der Waals surface area contributed by atoms with Crippen molar-refractivity contribution in [2.24, 2.45) is 0 Å². The summed E-state index contributed by atoms with van der Waals surface area (Å²) in [6.07, 6.45) is 0. The lowest BCUT2D eigenvalue weighted by Crippen LogP contribution is -2.52. The molecule has 1 aromatic carbocycles. The molecule has 0 N–H and O–H groups in total. The van der Waals surface area contributed by atoms with Crippen LogP contribution in [0.2, 0.25) is 0 Å². The van der Waals surface area contributed by atoms with Gasteiger partial charge >= 0.3 is 0 Å². The number of benzene rings is 1. The zero-order valence-electron chi connectivity index (χ0n) is 12.3. The van der Waals surface area contributed by atoms with Crippen molar-refractivity contribution in [2.75, 3.05) is 33.4 Å². The predicted octanol–water partition coefficient (Wildman–Crippen LogP) is 2.20. The molecule has 1 aromatic heterocycles. The number of morpholine rings is 1. The molecule has 0 saturated carbocycles. The number of aromatic nitrogens is 1. The van der Waals surface area contributed by atoms with Crippen LogP contribution in [0.15, 0.2) is 22.6 Å². The molecule has 1 saturated heterocycles. The van der Waals surface area contributed by atoms with Crippen LogP contribution in [0.25, 0.3) is 11.1 Å². The molecule has 5 nitrogen and oxygen atoms in total. The highest BCUT2D eigenvalue weighted by atomic mass is 19.1. The summed E-state index contributed by atoms with van der Waals surface area (Å²) in [6, 6.07) is 4.37. The summed E-state index contributed by atoms with van der Waals surface area (Å²) in [5.74, 6) is 0.290. The molecule has 2 heterocycles. The molecule has 0 bridgehead atoms. The lowest BCUT2D eigenvalue weighted by Gasteiger charge is -2.39. The van der Waals surface area contributed by atoms with Crippen LogP contribution in [-0.4, -0.2) is 48.9 Å². The van der Waals surface area contributed by atoms with E-state index in [2.05, 4.69) is 9.88 Å². The molecule has 1 atom stereocenters. The summed E-state index contributed by atoms with van der Waals surface area (Å²) in [5, 5.41) is 0. The fourth-order valence-electron chi connectivity index (χ4n) is 2.75. The Balaban J connectivity index is 1.72. The number of fused-ring (bicyclic) bond motifs is 1. The van der Waals surface area contributed by atoms with Crippen LogP contribution in [0, 0.1) is 5.82 Å². The van der Waals surface area contributed by atoms with E-state index in [1.807, 2.05) is 6.92 Å². The van der Waals surface area contributed by atoms with Gasteiger partial charge in [0.1, 0.15) is 16.9 Å². The van der Waals surface area contributed by atoms with Crippen molar-refractivity contribution in [2.45, 2.75) is 19.1 Å². The molecular formula is C15H19FN2O3. The van der Waals surface area contributed by atoms with Crippen molar-refractivity contribution in [3.05, 3.63) is 29.9 Å². The van der Waals surface area contributed by atoms with Crippen molar-refractivity contribution in [3.63, 3.8) is 0 Å². The maximum absolute atomic E-state index is 13.2. The van der Waals surface area contributed by atoms with Crippen LogP contribution < -0.4 is 0 Å². The molecule has 3 rings (SSSR count). The van der Waals surface area contributed by atoms with Crippen LogP contribution in [0.5, 0.6) is 0 Å². The molecule has 21 heavy (non-hydrogen) atoms. The third-order valence-electron chi connectivity index (χ3n) is 3.62. The number of hydrogen-bond donors (Lipinski definition) is 0. The van der Waals surface area contributed by atoms with Gasteiger partial charge in [-0.05, 0) is 19.1 Å². The summed E-state index contributed by atoms with van der Waals surface area (Å²) < 4.78 is 29.8. The third-order valence-corrected chi connectivity index (χ3v) is 3.62. The molecule has 0 radical (unpaired) electrons. The molecule has 0 aliphatic carbocycles. The van der Waals surface area contributed by atoms with Gasteiger partial charge in [-0.15, -0.1) is 0 Å². The Labute approximate surface area is 122 Å². The fraction of sp³-hybridized carbons (Fsp3) is 0.533. The van der Waals surface area contributed by atoms with Crippen molar-refractivity contribution >= 4 is 11.1 Å². The largest absolute Gasteiger partial charge is 0.439 e. The minimum atomic E-state index is -0.314. The zero-order valence-corrected chi connectivity index (χ0v) is 12.3. The van der Waals surface area contributed by atoms with Crippen LogP contribution in [-0.2, 0) is 16.0 Å². The van der Waals surface area contributed by atoms with Gasteiger partial charge in [-0.2, -0.15) is 0 Å². The average Bonchev–Trinajstić information content (AvgIpc) is 2.80. The van der Waals surface area contributed by atoms with Crippen LogP contribution in [0.1, 0.15) is 12.8 Å². The van der Waals surface area contributed by atoms with Gasteiger partial charge in [0.05, 0.1) is 19.8 Å². The van der Waals surface area contributed by atoms with E-state index in [0.29, 0.717) is 36.7 Å². The first-order chi connectivity index (χ1) is 10.1. The molecule has 0 amide bonds. The summed E-state index contributed by atoms with van der Waals surface area (Å²) in [5.41, 5.74) is 0.850. The second-order valence-corrected chi connectivity index (χ2v) is 5.66. The number of methoxy groups -OCH3 is 1. The van der Waals surface area contributed by atoms with E-state index in [4.69, 9.17) is 13.9 Å². The van der Waals surface area contributed by atoms with Crippen LogP contribution >= 0.6 is 0 Å². The monoisotopic (exact) mass is 294 g/mol. The molecule has 114 valence electrons. The molecule has 2 aromatic rings. The van der Waals surface area contributed by atoms with E-state index in [1.165, 1.54) is 12.1 Å². The Hall–Kier alpha value is -1.50. The summed E-state index contributed by atoms with van der Waals surface area (Å²) in [6.45, 7) is 5.36. The Morgan fingerprint density at radius 1 is 1.48 bits per heavy atom. The highest BCUT2D eigenvalue weighted by Gasteiger charge is 2.32. The summed E-state index contributed by atoms with van der Waals surface area (Å²) in [4.78, 5) is 6.55. The molecule has 6 heteroatoms. The quantitative estimate of drug-likeness (QED) is 0.865. The van der Waals surface area contributed by atoms with E-state index in [9.17, 15) is 4.39 Å². The summed E-state index contributed by atoms with van der Waals surface area (Å²) >= 11 is 0. The van der Waals surface area contributed by atoms with Gasteiger partial charge in [0, 0.05) is 26.3 Å². The number of nitrogens with zero attached hydrogens (tertiary/aromatic N) is 2. The number of rotatable bonds is 4. The van der Waals surface area contributed by atoms with Gasteiger partial charge in [-0.1, -0.05) is 0 Å². The lowest BCUT2D eigenvalue weighted by molar-refractivity contribution is -0.130. The average molecular weight is 294 g/mol. The minimum absolute atomic E-state index is 0.304. The molecule has 1 unspecified atom stereocenters.